The second-order valence-electron chi connectivity index (χ2n) is 4.80. The summed E-state index contributed by atoms with van der Waals surface area (Å²) in [4.78, 5) is 0. The van der Waals surface area contributed by atoms with Crippen molar-refractivity contribution in [2.45, 2.75) is 25.6 Å². The number of benzene rings is 2. The van der Waals surface area contributed by atoms with Crippen molar-refractivity contribution in [3.63, 3.8) is 0 Å². The third-order valence-electron chi connectivity index (χ3n) is 3.41. The molecule has 18 heavy (non-hydrogen) atoms. The van der Waals surface area contributed by atoms with E-state index in [1.54, 1.807) is 6.07 Å². The van der Waals surface area contributed by atoms with E-state index in [-0.39, 0.29) is 5.82 Å². The van der Waals surface area contributed by atoms with Gasteiger partial charge in [-0.3, -0.25) is 0 Å². The van der Waals surface area contributed by atoms with Crippen molar-refractivity contribution < 1.29 is 4.39 Å². The normalized spacial score (nSPS) is 12.3. The number of aryl methyl sites for hydroxylation is 1. The molecule has 1 atom stereocenters. The van der Waals surface area contributed by atoms with Crippen molar-refractivity contribution >= 4 is 7.85 Å². The number of halogens is 1. The summed E-state index contributed by atoms with van der Waals surface area (Å²) in [6.45, 7) is 1.98. The third kappa shape index (κ3) is 3.01. The molecule has 0 spiro atoms. The quantitative estimate of drug-likeness (QED) is 0.719. The Hall–Kier alpha value is -1.57. The minimum absolute atomic E-state index is 0.0738. The van der Waals surface area contributed by atoms with Crippen LogP contribution in [0.25, 0.3) is 0 Å². The maximum Gasteiger partial charge on any atom is 0.126 e. The van der Waals surface area contributed by atoms with Crippen LogP contribution in [0, 0.1) is 5.82 Å². The zero-order valence-corrected chi connectivity index (χ0v) is 11.0. The summed E-state index contributed by atoms with van der Waals surface area (Å²) >= 11 is 0. The van der Waals surface area contributed by atoms with Gasteiger partial charge in [0.1, 0.15) is 13.7 Å². The first kappa shape index (κ1) is 12.9. The van der Waals surface area contributed by atoms with Crippen LogP contribution in [-0.4, -0.2) is 7.85 Å². The smallest absolute Gasteiger partial charge is 0.126 e. The topological polar surface area (TPSA) is 0 Å². The maximum atomic E-state index is 13.7. The van der Waals surface area contributed by atoms with Crippen LogP contribution in [0.5, 0.6) is 0 Å². The molecule has 0 radical (unpaired) electrons. The highest BCUT2D eigenvalue weighted by atomic mass is 19.1. The third-order valence-corrected chi connectivity index (χ3v) is 3.41. The van der Waals surface area contributed by atoms with Gasteiger partial charge in [-0.15, -0.1) is 0 Å². The first-order valence-corrected chi connectivity index (χ1v) is 6.53. The summed E-state index contributed by atoms with van der Waals surface area (Å²) < 4.78 is 13.7. The van der Waals surface area contributed by atoms with Crippen molar-refractivity contribution in [3.8, 4) is 0 Å². The monoisotopic (exact) mass is 240 g/mol. The van der Waals surface area contributed by atoms with Gasteiger partial charge in [0.15, 0.2) is 0 Å². The second kappa shape index (κ2) is 5.86. The van der Waals surface area contributed by atoms with Crippen LogP contribution in [-0.2, 0) is 12.8 Å². The van der Waals surface area contributed by atoms with Gasteiger partial charge in [-0.1, -0.05) is 55.0 Å². The lowest BCUT2D eigenvalue weighted by atomic mass is 9.77. The summed E-state index contributed by atoms with van der Waals surface area (Å²) in [5.41, 5.74) is 3.17. The van der Waals surface area contributed by atoms with Gasteiger partial charge in [0.25, 0.3) is 0 Å². The molecule has 0 aliphatic carbocycles. The molecule has 0 aromatic heterocycles. The van der Waals surface area contributed by atoms with Crippen molar-refractivity contribution in [1.82, 2.24) is 0 Å². The molecule has 0 amide bonds. The highest BCUT2D eigenvalue weighted by Crippen LogP contribution is 2.19. The highest BCUT2D eigenvalue weighted by Gasteiger charge is 2.08. The lowest BCUT2D eigenvalue weighted by Gasteiger charge is -2.12. The molecule has 0 aliphatic heterocycles. The van der Waals surface area contributed by atoms with E-state index in [4.69, 9.17) is 0 Å². The summed E-state index contributed by atoms with van der Waals surface area (Å²) in [5, 5.41) is 0. The molecule has 0 heterocycles. The van der Waals surface area contributed by atoms with Crippen LogP contribution in [0.1, 0.15) is 29.4 Å². The number of hydrogen-bond donors (Lipinski definition) is 0. The molecule has 0 saturated heterocycles. The Kier molecular flexibility index (Phi) is 4.19. The van der Waals surface area contributed by atoms with E-state index in [0.717, 1.165) is 24.0 Å². The number of hydrogen-bond acceptors (Lipinski definition) is 0. The Balaban J connectivity index is 2.12. The standard InChI is InChI=1S/C16H18BF/c1-2-13-9-8-12(11-16(13)18)10-15(17)14-6-4-3-5-7-14/h3-9,11,15H,2,10,17H2,1H3/t15-/m1/s1. The Morgan fingerprint density at radius 2 is 1.83 bits per heavy atom. The van der Waals surface area contributed by atoms with E-state index in [9.17, 15) is 4.39 Å². The minimum atomic E-state index is -0.0738. The lowest BCUT2D eigenvalue weighted by molar-refractivity contribution is 0.609. The van der Waals surface area contributed by atoms with E-state index in [1.807, 2.05) is 37.3 Å². The van der Waals surface area contributed by atoms with Crippen LogP contribution in [0.2, 0.25) is 0 Å². The Morgan fingerprint density at radius 1 is 1.11 bits per heavy atom. The molecule has 0 bridgehead atoms. The van der Waals surface area contributed by atoms with Gasteiger partial charge in [0.2, 0.25) is 0 Å². The van der Waals surface area contributed by atoms with Crippen molar-refractivity contribution in [2.75, 3.05) is 0 Å². The zero-order chi connectivity index (χ0) is 13.0. The summed E-state index contributed by atoms with van der Waals surface area (Å²) in [7, 11) is 2.18. The summed E-state index contributed by atoms with van der Waals surface area (Å²) in [5.74, 6) is 0.341. The fourth-order valence-electron chi connectivity index (χ4n) is 2.26. The first-order chi connectivity index (χ1) is 8.70. The number of rotatable bonds is 4. The van der Waals surface area contributed by atoms with Gasteiger partial charge in [-0.05, 0) is 35.9 Å². The molecule has 2 rings (SSSR count). The first-order valence-electron chi connectivity index (χ1n) is 6.53. The molecular formula is C16H18BF. The molecule has 92 valence electrons. The molecule has 2 aromatic carbocycles. The average molecular weight is 240 g/mol. The zero-order valence-electron chi connectivity index (χ0n) is 11.0. The largest absolute Gasteiger partial charge is 0.207 e. The van der Waals surface area contributed by atoms with Crippen LogP contribution in [0.3, 0.4) is 0 Å². The van der Waals surface area contributed by atoms with Crippen molar-refractivity contribution in [2.24, 2.45) is 0 Å². The highest BCUT2D eigenvalue weighted by molar-refractivity contribution is 6.12. The molecule has 0 unspecified atom stereocenters. The fourth-order valence-corrected chi connectivity index (χ4v) is 2.26. The predicted molar refractivity (Wildman–Crippen MR) is 77.2 cm³/mol. The molecule has 0 fully saturated rings. The van der Waals surface area contributed by atoms with E-state index in [0.29, 0.717) is 5.82 Å². The van der Waals surface area contributed by atoms with Crippen LogP contribution in [0.15, 0.2) is 48.5 Å². The predicted octanol–water partition coefficient (Wildman–Crippen LogP) is 3.31. The van der Waals surface area contributed by atoms with Crippen molar-refractivity contribution in [1.29, 1.82) is 0 Å². The van der Waals surface area contributed by atoms with E-state index < -0.39 is 0 Å². The van der Waals surface area contributed by atoms with E-state index in [2.05, 4.69) is 20.0 Å². The summed E-state index contributed by atoms with van der Waals surface area (Å²) in [6.07, 6.45) is 1.63. The maximum absolute atomic E-state index is 13.7. The molecule has 2 aromatic rings. The second-order valence-corrected chi connectivity index (χ2v) is 4.80. The van der Waals surface area contributed by atoms with Gasteiger partial charge >= 0.3 is 0 Å². The Labute approximate surface area is 109 Å². The van der Waals surface area contributed by atoms with E-state index >= 15 is 0 Å². The molecule has 0 aliphatic rings. The average Bonchev–Trinajstić information content (AvgIpc) is 2.40. The van der Waals surface area contributed by atoms with Gasteiger partial charge < -0.3 is 0 Å². The minimum Gasteiger partial charge on any atom is -0.207 e. The van der Waals surface area contributed by atoms with Crippen molar-refractivity contribution in [3.05, 3.63) is 71.0 Å². The molecular weight excluding hydrogens is 222 g/mol. The Bertz CT molecular complexity index is 508. The van der Waals surface area contributed by atoms with Crippen LogP contribution in [0.4, 0.5) is 4.39 Å². The van der Waals surface area contributed by atoms with Gasteiger partial charge in [0, 0.05) is 0 Å². The van der Waals surface area contributed by atoms with Gasteiger partial charge in [-0.2, -0.15) is 0 Å². The van der Waals surface area contributed by atoms with Gasteiger partial charge in [0.05, 0.1) is 0 Å². The molecule has 0 saturated carbocycles. The Morgan fingerprint density at radius 3 is 2.44 bits per heavy atom. The lowest BCUT2D eigenvalue weighted by Crippen LogP contribution is -2.03. The van der Waals surface area contributed by atoms with E-state index in [1.165, 1.54) is 5.56 Å². The molecule has 0 N–H and O–H groups in total. The molecule has 0 nitrogen and oxygen atoms in total. The summed E-state index contributed by atoms with van der Waals surface area (Å²) in [6, 6.07) is 16.0. The SMILES string of the molecule is B[C@H](Cc1ccc(CC)c(F)c1)c1ccccc1. The van der Waals surface area contributed by atoms with Gasteiger partial charge in [-0.25, -0.2) is 4.39 Å². The van der Waals surface area contributed by atoms with Crippen LogP contribution < -0.4 is 0 Å². The fraction of sp³-hybridized carbons (Fsp3) is 0.250. The molecule has 2 heteroatoms. The van der Waals surface area contributed by atoms with Crippen LogP contribution >= 0.6 is 0 Å².